The molecule has 0 bridgehead atoms. The van der Waals surface area contributed by atoms with Gasteiger partial charge < -0.3 is 5.32 Å². The topological polar surface area (TPSA) is 124 Å². The van der Waals surface area contributed by atoms with Crippen LogP contribution < -0.4 is 32.3 Å². The molecule has 194 valence electrons. The Balaban J connectivity index is 1.90. The average Bonchev–Trinajstić information content (AvgIpc) is 3.66. The summed E-state index contributed by atoms with van der Waals surface area (Å²) < 4.78 is 44.2. The Morgan fingerprint density at radius 1 is 1.05 bits per heavy atom. The SMILES string of the molecule is [B]c1ccc(Nc2c(C)c(=O)n(C)c3c2c(=O)n(C2CC2)c(=O)n3-c2cccc(NS(C)(=O)=O)c2)c(F)c1. The Kier molecular flexibility index (Phi) is 6.05. The summed E-state index contributed by atoms with van der Waals surface area (Å²) >= 11 is 0. The van der Waals surface area contributed by atoms with E-state index in [0.29, 0.717) is 12.8 Å². The fraction of sp³-hybridized carbons (Fsp3) is 0.240. The Morgan fingerprint density at radius 3 is 2.39 bits per heavy atom. The van der Waals surface area contributed by atoms with Gasteiger partial charge in [0.05, 0.1) is 29.0 Å². The second-order valence-corrected chi connectivity index (χ2v) is 11.1. The lowest BCUT2D eigenvalue weighted by atomic mass is 9.96. The van der Waals surface area contributed by atoms with Gasteiger partial charge in [-0.15, -0.1) is 0 Å². The van der Waals surface area contributed by atoms with Crippen LogP contribution in [-0.2, 0) is 17.1 Å². The van der Waals surface area contributed by atoms with E-state index in [-0.39, 0.29) is 50.9 Å². The first-order valence-electron chi connectivity index (χ1n) is 11.7. The van der Waals surface area contributed by atoms with Crippen LogP contribution in [0.4, 0.5) is 21.5 Å². The molecule has 0 spiro atoms. The van der Waals surface area contributed by atoms with Crippen molar-refractivity contribution in [3.8, 4) is 5.69 Å². The summed E-state index contributed by atoms with van der Waals surface area (Å²) in [4.78, 5) is 40.9. The van der Waals surface area contributed by atoms with Crippen molar-refractivity contribution in [3.63, 3.8) is 0 Å². The van der Waals surface area contributed by atoms with Gasteiger partial charge in [0.25, 0.3) is 11.1 Å². The van der Waals surface area contributed by atoms with Gasteiger partial charge in [0, 0.05) is 18.7 Å². The number of nitrogens with zero attached hydrogens (tertiary/aromatic N) is 3. The fourth-order valence-electron chi connectivity index (χ4n) is 4.53. The van der Waals surface area contributed by atoms with E-state index < -0.39 is 32.6 Å². The summed E-state index contributed by atoms with van der Waals surface area (Å²) in [6.07, 6.45) is 2.24. The van der Waals surface area contributed by atoms with Crippen LogP contribution in [0.3, 0.4) is 0 Å². The number of fused-ring (bicyclic) bond motifs is 1. The van der Waals surface area contributed by atoms with Crippen LogP contribution >= 0.6 is 0 Å². The van der Waals surface area contributed by atoms with Crippen LogP contribution in [-0.4, -0.2) is 36.2 Å². The maximum atomic E-state index is 14.7. The molecule has 38 heavy (non-hydrogen) atoms. The maximum absolute atomic E-state index is 14.7. The third kappa shape index (κ3) is 4.42. The first-order chi connectivity index (χ1) is 17.9. The van der Waals surface area contributed by atoms with Gasteiger partial charge in [-0.05, 0) is 50.1 Å². The summed E-state index contributed by atoms with van der Waals surface area (Å²) in [7, 11) is 3.48. The second kappa shape index (κ2) is 9.01. The number of hydrogen-bond acceptors (Lipinski definition) is 6. The van der Waals surface area contributed by atoms with Crippen LogP contribution in [0.25, 0.3) is 16.7 Å². The van der Waals surface area contributed by atoms with Crippen molar-refractivity contribution in [1.29, 1.82) is 0 Å². The zero-order valence-electron chi connectivity index (χ0n) is 20.8. The van der Waals surface area contributed by atoms with Crippen molar-refractivity contribution in [2.24, 2.45) is 7.05 Å². The third-order valence-electron chi connectivity index (χ3n) is 6.41. The number of rotatable bonds is 6. The molecule has 2 N–H and O–H groups in total. The number of anilines is 3. The van der Waals surface area contributed by atoms with E-state index in [2.05, 4.69) is 10.0 Å². The zero-order chi connectivity index (χ0) is 27.5. The molecular weight excluding hydrogens is 512 g/mol. The van der Waals surface area contributed by atoms with Gasteiger partial charge in [0.15, 0.2) is 0 Å². The lowest BCUT2D eigenvalue weighted by molar-refractivity contribution is 0.607. The number of aromatic nitrogens is 3. The number of halogens is 1. The quantitative estimate of drug-likeness (QED) is 0.361. The largest absolute Gasteiger partial charge is 0.352 e. The lowest BCUT2D eigenvalue weighted by Crippen LogP contribution is -2.41. The molecule has 5 rings (SSSR count). The summed E-state index contributed by atoms with van der Waals surface area (Å²) in [6, 6.07) is 9.69. The predicted molar refractivity (Wildman–Crippen MR) is 146 cm³/mol. The van der Waals surface area contributed by atoms with E-state index in [9.17, 15) is 27.2 Å². The second-order valence-electron chi connectivity index (χ2n) is 9.38. The smallest absolute Gasteiger partial charge is 0.337 e. The Hall–Kier alpha value is -4.13. The van der Waals surface area contributed by atoms with Crippen LogP contribution in [0.2, 0.25) is 0 Å². The van der Waals surface area contributed by atoms with Gasteiger partial charge in [-0.25, -0.2) is 22.2 Å². The maximum Gasteiger partial charge on any atom is 0.337 e. The predicted octanol–water partition coefficient (Wildman–Crippen LogP) is 1.54. The molecule has 2 aromatic heterocycles. The van der Waals surface area contributed by atoms with E-state index in [1.54, 1.807) is 12.1 Å². The highest BCUT2D eigenvalue weighted by Gasteiger charge is 2.31. The highest BCUT2D eigenvalue weighted by Crippen LogP contribution is 2.34. The first kappa shape index (κ1) is 25.5. The van der Waals surface area contributed by atoms with Crippen molar-refractivity contribution in [2.45, 2.75) is 25.8 Å². The van der Waals surface area contributed by atoms with Crippen LogP contribution in [0, 0.1) is 12.7 Å². The molecule has 2 radical (unpaired) electrons. The molecule has 2 heterocycles. The average molecular weight is 535 g/mol. The summed E-state index contributed by atoms with van der Waals surface area (Å²) in [6.45, 7) is 1.51. The van der Waals surface area contributed by atoms with Crippen molar-refractivity contribution in [2.75, 3.05) is 16.3 Å². The first-order valence-corrected chi connectivity index (χ1v) is 13.6. The molecule has 13 heteroatoms. The number of aryl methyl sites for hydroxylation is 1. The van der Waals surface area contributed by atoms with Crippen LogP contribution in [0.5, 0.6) is 0 Å². The molecule has 0 unspecified atom stereocenters. The van der Waals surface area contributed by atoms with Gasteiger partial charge >= 0.3 is 5.69 Å². The van der Waals surface area contributed by atoms with Gasteiger partial charge in [-0.1, -0.05) is 17.6 Å². The monoisotopic (exact) mass is 535 g/mol. The van der Waals surface area contributed by atoms with Gasteiger partial charge in [0.1, 0.15) is 24.7 Å². The van der Waals surface area contributed by atoms with Gasteiger partial charge in [-0.2, -0.15) is 0 Å². The normalized spacial score (nSPS) is 13.6. The van der Waals surface area contributed by atoms with Crippen molar-refractivity contribution in [1.82, 2.24) is 13.7 Å². The molecule has 1 saturated carbocycles. The summed E-state index contributed by atoms with van der Waals surface area (Å²) in [5, 5.41) is 2.89. The number of pyridine rings is 1. The van der Waals surface area contributed by atoms with Crippen molar-refractivity contribution < 1.29 is 12.8 Å². The molecule has 2 aromatic carbocycles. The van der Waals surface area contributed by atoms with E-state index in [4.69, 9.17) is 7.85 Å². The molecule has 1 aliphatic rings. The van der Waals surface area contributed by atoms with Gasteiger partial charge in [0.2, 0.25) is 10.0 Å². The number of nitrogens with one attached hydrogen (secondary N) is 2. The number of sulfonamides is 1. The molecule has 10 nitrogen and oxygen atoms in total. The summed E-state index contributed by atoms with van der Waals surface area (Å²) in [5.74, 6) is -0.686. The minimum absolute atomic E-state index is 0.00803. The van der Waals surface area contributed by atoms with E-state index >= 15 is 0 Å². The minimum Gasteiger partial charge on any atom is -0.352 e. The third-order valence-corrected chi connectivity index (χ3v) is 7.01. The molecular formula is C25H23BFN5O5S. The molecule has 1 aliphatic carbocycles. The molecule has 0 amide bonds. The molecule has 1 fully saturated rings. The standard InChI is InChI=1S/C25H23BFN5O5S/c1-13-21(28-19-10-7-14(26)11-18(19)27)20-22(30(2)23(13)33)31(25(35)32(24(20)34)16-8-9-16)17-6-4-5-15(12-17)29-38(3,36)37/h4-7,10-12,16,28-29H,8-9H2,1-3H3. The van der Waals surface area contributed by atoms with E-state index in [1.165, 1.54) is 47.4 Å². The van der Waals surface area contributed by atoms with Crippen molar-refractivity contribution in [3.05, 3.63) is 85.0 Å². The Labute approximate surface area is 217 Å². The lowest BCUT2D eigenvalue weighted by Gasteiger charge is -2.21. The molecule has 4 aromatic rings. The number of benzene rings is 2. The molecule has 0 saturated heterocycles. The fourth-order valence-corrected chi connectivity index (χ4v) is 5.08. The zero-order valence-corrected chi connectivity index (χ0v) is 21.6. The molecule has 0 atom stereocenters. The highest BCUT2D eigenvalue weighted by atomic mass is 32.2. The summed E-state index contributed by atoms with van der Waals surface area (Å²) in [5.41, 5.74) is -1.02. The van der Waals surface area contributed by atoms with E-state index in [0.717, 1.165) is 16.9 Å². The Morgan fingerprint density at radius 2 is 1.76 bits per heavy atom. The Bertz CT molecular complexity index is 1930. The van der Waals surface area contributed by atoms with Crippen LogP contribution in [0.15, 0.2) is 56.8 Å². The van der Waals surface area contributed by atoms with Crippen LogP contribution in [0.1, 0.15) is 24.4 Å². The number of hydrogen-bond donors (Lipinski definition) is 2. The van der Waals surface area contributed by atoms with Gasteiger partial charge in [-0.3, -0.25) is 23.4 Å². The van der Waals surface area contributed by atoms with E-state index in [1.807, 2.05) is 0 Å². The van der Waals surface area contributed by atoms with Crippen molar-refractivity contribution >= 4 is 51.4 Å². The highest BCUT2D eigenvalue weighted by molar-refractivity contribution is 7.92. The minimum atomic E-state index is -3.62. The molecule has 0 aliphatic heterocycles.